The van der Waals surface area contributed by atoms with Crippen LogP contribution in [0.1, 0.15) is 25.0 Å². The highest BCUT2D eigenvalue weighted by Crippen LogP contribution is 2.18. The molecular formula is C15H23N3O3. The highest BCUT2D eigenvalue weighted by atomic mass is 16.7. The van der Waals surface area contributed by atoms with E-state index in [1.54, 1.807) is 12.4 Å². The summed E-state index contributed by atoms with van der Waals surface area (Å²) in [4.78, 5) is 10.9. The Hall–Kier alpha value is -1.24. The summed E-state index contributed by atoms with van der Waals surface area (Å²) in [5.41, 5.74) is 0.890. The molecule has 0 aromatic carbocycles. The van der Waals surface area contributed by atoms with E-state index in [0.29, 0.717) is 5.88 Å². The molecule has 0 saturated carbocycles. The van der Waals surface area contributed by atoms with E-state index in [1.807, 2.05) is 6.92 Å². The van der Waals surface area contributed by atoms with E-state index in [-0.39, 0.29) is 12.4 Å². The lowest BCUT2D eigenvalue weighted by atomic mass is 10.1. The number of likely N-dealkylation sites (tertiary alicyclic amines) is 1. The van der Waals surface area contributed by atoms with Crippen LogP contribution < -0.4 is 4.74 Å². The van der Waals surface area contributed by atoms with Crippen LogP contribution in [0.4, 0.5) is 0 Å². The van der Waals surface area contributed by atoms with Gasteiger partial charge in [0.15, 0.2) is 6.29 Å². The molecule has 116 valence electrons. The third-order valence-corrected chi connectivity index (χ3v) is 3.93. The zero-order valence-electron chi connectivity index (χ0n) is 12.5. The zero-order valence-corrected chi connectivity index (χ0v) is 12.5. The Morgan fingerprint density at radius 3 is 2.71 bits per heavy atom. The van der Waals surface area contributed by atoms with Crippen LogP contribution in [0, 0.1) is 6.92 Å². The summed E-state index contributed by atoms with van der Waals surface area (Å²) in [5, 5.41) is 0. The fourth-order valence-corrected chi connectivity index (χ4v) is 2.78. The maximum absolute atomic E-state index is 5.91. The van der Waals surface area contributed by atoms with Crippen LogP contribution in [0.25, 0.3) is 0 Å². The highest BCUT2D eigenvalue weighted by molar-refractivity contribution is 5.07. The average Bonchev–Trinajstić information content (AvgIpc) is 3.00. The van der Waals surface area contributed by atoms with E-state index in [4.69, 9.17) is 14.2 Å². The number of nitrogens with zero attached hydrogens (tertiary/aromatic N) is 3. The van der Waals surface area contributed by atoms with Crippen LogP contribution >= 0.6 is 0 Å². The van der Waals surface area contributed by atoms with Gasteiger partial charge in [-0.05, 0) is 19.8 Å². The number of aromatic nitrogens is 2. The van der Waals surface area contributed by atoms with Crippen LogP contribution in [0.2, 0.25) is 0 Å². The number of hydrogen-bond acceptors (Lipinski definition) is 6. The van der Waals surface area contributed by atoms with Gasteiger partial charge in [-0.1, -0.05) is 0 Å². The smallest absolute Gasteiger partial charge is 0.232 e. The molecule has 0 bridgehead atoms. The molecule has 21 heavy (non-hydrogen) atoms. The first-order valence-electron chi connectivity index (χ1n) is 7.70. The van der Waals surface area contributed by atoms with Crippen LogP contribution in [-0.2, 0) is 9.47 Å². The first kappa shape index (κ1) is 14.7. The van der Waals surface area contributed by atoms with E-state index in [9.17, 15) is 0 Å². The minimum absolute atomic E-state index is 0.00143. The van der Waals surface area contributed by atoms with Gasteiger partial charge >= 0.3 is 0 Å². The fraction of sp³-hybridized carbons (Fsp3) is 0.733. The maximum atomic E-state index is 5.91. The number of hydrogen-bond donors (Lipinski definition) is 0. The summed E-state index contributed by atoms with van der Waals surface area (Å²) < 4.78 is 16.8. The van der Waals surface area contributed by atoms with Gasteiger partial charge in [-0.3, -0.25) is 4.98 Å². The number of ether oxygens (including phenoxy) is 3. The molecule has 2 saturated heterocycles. The second-order valence-electron chi connectivity index (χ2n) is 5.62. The molecule has 0 radical (unpaired) electrons. The molecule has 0 unspecified atom stereocenters. The Morgan fingerprint density at radius 1 is 1.24 bits per heavy atom. The van der Waals surface area contributed by atoms with Crippen molar-refractivity contribution in [3.8, 4) is 5.88 Å². The standard InChI is InChI=1S/C15H23N3O3/c1-12-10-16-11-14(17-12)21-13-2-5-18(6-3-13)7-4-15-19-8-9-20-15/h10-11,13,15H,2-9H2,1H3. The molecule has 3 rings (SSSR count). The maximum Gasteiger partial charge on any atom is 0.232 e. The Kier molecular flexibility index (Phi) is 5.00. The summed E-state index contributed by atoms with van der Waals surface area (Å²) in [6, 6.07) is 0. The fourth-order valence-electron chi connectivity index (χ4n) is 2.78. The summed E-state index contributed by atoms with van der Waals surface area (Å²) in [5.74, 6) is 0.640. The van der Waals surface area contributed by atoms with Crippen molar-refractivity contribution >= 4 is 0 Å². The minimum Gasteiger partial charge on any atom is -0.473 e. The lowest BCUT2D eigenvalue weighted by Crippen LogP contribution is -2.39. The number of rotatable bonds is 5. The molecule has 2 aliphatic rings. The Labute approximate surface area is 125 Å². The van der Waals surface area contributed by atoms with Crippen LogP contribution in [0.5, 0.6) is 5.88 Å². The lowest BCUT2D eigenvalue weighted by Gasteiger charge is -2.32. The van der Waals surface area contributed by atoms with Crippen LogP contribution in [0.3, 0.4) is 0 Å². The van der Waals surface area contributed by atoms with Crippen molar-refractivity contribution < 1.29 is 14.2 Å². The molecule has 2 fully saturated rings. The Bertz CT molecular complexity index is 444. The lowest BCUT2D eigenvalue weighted by molar-refractivity contribution is -0.0534. The highest BCUT2D eigenvalue weighted by Gasteiger charge is 2.23. The molecule has 0 aliphatic carbocycles. The summed E-state index contributed by atoms with van der Waals surface area (Å²) in [7, 11) is 0. The van der Waals surface area contributed by atoms with Gasteiger partial charge in [-0.2, -0.15) is 0 Å². The second kappa shape index (κ2) is 7.15. The number of piperidine rings is 1. The van der Waals surface area contributed by atoms with Crippen LogP contribution in [0.15, 0.2) is 12.4 Å². The topological polar surface area (TPSA) is 56.7 Å². The monoisotopic (exact) mass is 293 g/mol. The molecule has 0 N–H and O–H groups in total. The average molecular weight is 293 g/mol. The Morgan fingerprint density at radius 2 is 2.00 bits per heavy atom. The molecule has 0 spiro atoms. The Balaban J connectivity index is 1.38. The molecule has 6 heteroatoms. The van der Waals surface area contributed by atoms with Gasteiger partial charge in [0, 0.05) is 32.3 Å². The van der Waals surface area contributed by atoms with E-state index >= 15 is 0 Å². The van der Waals surface area contributed by atoms with Crippen molar-refractivity contribution in [3.05, 3.63) is 18.1 Å². The predicted molar refractivity (Wildman–Crippen MR) is 77.2 cm³/mol. The molecular weight excluding hydrogens is 270 g/mol. The third-order valence-electron chi connectivity index (χ3n) is 3.93. The zero-order chi connectivity index (χ0) is 14.5. The van der Waals surface area contributed by atoms with Gasteiger partial charge in [0.05, 0.1) is 25.1 Å². The third kappa shape index (κ3) is 4.36. The summed E-state index contributed by atoms with van der Waals surface area (Å²) >= 11 is 0. The van der Waals surface area contributed by atoms with E-state index in [2.05, 4.69) is 14.9 Å². The van der Waals surface area contributed by atoms with Crippen molar-refractivity contribution in [2.75, 3.05) is 32.8 Å². The van der Waals surface area contributed by atoms with Crippen molar-refractivity contribution in [1.82, 2.24) is 14.9 Å². The quantitative estimate of drug-likeness (QED) is 0.818. The molecule has 0 atom stereocenters. The van der Waals surface area contributed by atoms with Gasteiger partial charge in [-0.15, -0.1) is 0 Å². The van der Waals surface area contributed by atoms with Crippen molar-refractivity contribution in [3.63, 3.8) is 0 Å². The molecule has 1 aromatic rings. The molecule has 3 heterocycles. The molecule has 6 nitrogen and oxygen atoms in total. The van der Waals surface area contributed by atoms with Crippen molar-refractivity contribution in [1.29, 1.82) is 0 Å². The van der Waals surface area contributed by atoms with Gasteiger partial charge in [-0.25, -0.2) is 4.98 Å². The van der Waals surface area contributed by atoms with Gasteiger partial charge < -0.3 is 19.1 Å². The number of aryl methyl sites for hydroxylation is 1. The van der Waals surface area contributed by atoms with Gasteiger partial charge in [0.2, 0.25) is 5.88 Å². The minimum atomic E-state index is 0.00143. The molecule has 0 amide bonds. The van der Waals surface area contributed by atoms with Crippen molar-refractivity contribution in [2.24, 2.45) is 0 Å². The van der Waals surface area contributed by atoms with Crippen LogP contribution in [-0.4, -0.2) is 60.1 Å². The predicted octanol–water partition coefficient (Wildman–Crippen LogP) is 1.39. The van der Waals surface area contributed by atoms with E-state index in [1.165, 1.54) is 0 Å². The first-order valence-corrected chi connectivity index (χ1v) is 7.70. The molecule has 2 aliphatic heterocycles. The summed E-state index contributed by atoms with van der Waals surface area (Å²) in [6.07, 6.45) is 6.69. The van der Waals surface area contributed by atoms with E-state index in [0.717, 1.165) is 57.8 Å². The molecule has 1 aromatic heterocycles. The summed E-state index contributed by atoms with van der Waals surface area (Å²) in [6.45, 7) is 6.53. The second-order valence-corrected chi connectivity index (χ2v) is 5.62. The van der Waals surface area contributed by atoms with Gasteiger partial charge in [0.1, 0.15) is 6.10 Å². The largest absolute Gasteiger partial charge is 0.473 e. The first-order chi connectivity index (χ1) is 10.3. The van der Waals surface area contributed by atoms with E-state index < -0.39 is 0 Å². The van der Waals surface area contributed by atoms with Crippen molar-refractivity contribution in [2.45, 2.75) is 38.6 Å². The normalized spacial score (nSPS) is 21.8. The van der Waals surface area contributed by atoms with Gasteiger partial charge in [0.25, 0.3) is 0 Å². The SMILES string of the molecule is Cc1cncc(OC2CCN(CCC3OCCO3)CC2)n1.